The molecule has 0 fully saturated rings. The van der Waals surface area contributed by atoms with E-state index in [1.165, 1.54) is 50.7 Å². The van der Waals surface area contributed by atoms with Crippen LogP contribution in [-0.2, 0) is 11.3 Å². The highest BCUT2D eigenvalue weighted by Crippen LogP contribution is 2.32. The first-order valence-electron chi connectivity index (χ1n) is 12.8. The molecule has 5 rings (SSSR count). The van der Waals surface area contributed by atoms with Crippen LogP contribution in [-0.4, -0.2) is 56.5 Å². The minimum atomic E-state index is -0.533. The molecule has 2 N–H and O–H groups in total. The van der Waals surface area contributed by atoms with Crippen molar-refractivity contribution in [3.8, 4) is 17.2 Å². The van der Waals surface area contributed by atoms with Crippen molar-refractivity contribution in [1.82, 2.24) is 25.1 Å². The number of rotatable bonds is 11. The van der Waals surface area contributed by atoms with Crippen LogP contribution in [0.5, 0.6) is 11.5 Å². The van der Waals surface area contributed by atoms with Crippen LogP contribution in [0.15, 0.2) is 65.8 Å². The number of benzene rings is 3. The number of para-hydroxylation sites is 1. The summed E-state index contributed by atoms with van der Waals surface area (Å²) < 4.78 is 13.6. The van der Waals surface area contributed by atoms with Gasteiger partial charge in [0.25, 0.3) is 11.6 Å². The summed E-state index contributed by atoms with van der Waals surface area (Å²) in [7, 11) is 3.04. The van der Waals surface area contributed by atoms with Gasteiger partial charge in [-0.3, -0.25) is 24.3 Å². The molecule has 3 aromatic carbocycles. The van der Waals surface area contributed by atoms with Crippen LogP contribution in [0.1, 0.15) is 21.7 Å². The first kappa shape index (κ1) is 29.5. The smallest absolute Gasteiger partial charge is 0.273 e. The Balaban J connectivity index is 1.40. The lowest BCUT2D eigenvalue weighted by Crippen LogP contribution is -2.25. The second kappa shape index (κ2) is 12.9. The Hall–Kier alpha value is -5.02. The van der Waals surface area contributed by atoms with E-state index in [1.807, 2.05) is 24.3 Å². The van der Waals surface area contributed by atoms with Gasteiger partial charge in [0.1, 0.15) is 11.5 Å². The molecule has 2 amide bonds. The minimum absolute atomic E-state index is 0.000418. The standard InChI is InChI=1S/C28H25N7O6S2/c1-16-18(7-6-9-20(16)35(38)39)26(37)29-14-24-32-33-28(34(24)21-13-17(40-2)11-12-22(21)41-3)42-15-25(36)31-27-30-19-8-4-5-10-23(19)43-27/h4-13H,14-15H2,1-3H3,(H,29,37)(H,30,31,36). The van der Waals surface area contributed by atoms with Gasteiger partial charge in [0.15, 0.2) is 16.1 Å². The molecule has 15 heteroatoms. The van der Waals surface area contributed by atoms with Gasteiger partial charge in [-0.1, -0.05) is 41.3 Å². The average Bonchev–Trinajstić information content (AvgIpc) is 3.61. The summed E-state index contributed by atoms with van der Waals surface area (Å²) in [5.41, 5.74) is 1.58. The molecular weight excluding hydrogens is 594 g/mol. The number of anilines is 1. The second-order valence-electron chi connectivity index (χ2n) is 8.99. The predicted octanol–water partition coefficient (Wildman–Crippen LogP) is 4.77. The van der Waals surface area contributed by atoms with Crippen LogP contribution in [0.25, 0.3) is 15.9 Å². The third kappa shape index (κ3) is 6.42. The van der Waals surface area contributed by atoms with E-state index in [1.54, 1.807) is 22.8 Å². The van der Waals surface area contributed by atoms with Gasteiger partial charge in [-0.25, -0.2) is 4.98 Å². The molecule has 0 bridgehead atoms. The molecule has 0 radical (unpaired) electrons. The van der Waals surface area contributed by atoms with E-state index in [4.69, 9.17) is 9.47 Å². The molecule has 0 atom stereocenters. The van der Waals surface area contributed by atoms with Crippen molar-refractivity contribution in [2.45, 2.75) is 18.6 Å². The van der Waals surface area contributed by atoms with Gasteiger partial charge >= 0.3 is 0 Å². The number of carbonyl (C=O) groups is 2. The van der Waals surface area contributed by atoms with E-state index in [-0.39, 0.29) is 35.0 Å². The van der Waals surface area contributed by atoms with Gasteiger partial charge in [-0.2, -0.15) is 0 Å². The maximum atomic E-state index is 13.0. The van der Waals surface area contributed by atoms with Crippen LogP contribution in [0.3, 0.4) is 0 Å². The molecule has 220 valence electrons. The van der Waals surface area contributed by atoms with Gasteiger partial charge < -0.3 is 20.1 Å². The number of carbonyl (C=O) groups excluding carboxylic acids is 2. The van der Waals surface area contributed by atoms with Crippen molar-refractivity contribution in [2.24, 2.45) is 0 Å². The molecule has 2 heterocycles. The second-order valence-corrected chi connectivity index (χ2v) is 11.0. The van der Waals surface area contributed by atoms with Gasteiger partial charge in [0, 0.05) is 23.3 Å². The normalized spacial score (nSPS) is 10.9. The summed E-state index contributed by atoms with van der Waals surface area (Å²) in [6, 6.07) is 17.1. The number of nitrogens with zero attached hydrogens (tertiary/aromatic N) is 5. The Morgan fingerprint density at radius 3 is 2.63 bits per heavy atom. The van der Waals surface area contributed by atoms with Crippen LogP contribution in [0.2, 0.25) is 0 Å². The number of thiazole rings is 1. The Kier molecular flexibility index (Phi) is 8.82. The molecule has 2 aromatic heterocycles. The number of thioether (sulfide) groups is 1. The lowest BCUT2D eigenvalue weighted by molar-refractivity contribution is -0.385. The number of hydrogen-bond acceptors (Lipinski definition) is 11. The number of nitro benzene ring substituents is 1. The Labute approximate surface area is 253 Å². The van der Waals surface area contributed by atoms with E-state index in [9.17, 15) is 19.7 Å². The summed E-state index contributed by atoms with van der Waals surface area (Å²) in [5, 5.41) is 26.4. The molecule has 0 saturated heterocycles. The number of aromatic nitrogens is 4. The van der Waals surface area contributed by atoms with E-state index >= 15 is 0 Å². The third-order valence-electron chi connectivity index (χ3n) is 6.35. The lowest BCUT2D eigenvalue weighted by Gasteiger charge is -2.15. The number of hydrogen-bond donors (Lipinski definition) is 2. The average molecular weight is 620 g/mol. The first-order valence-corrected chi connectivity index (χ1v) is 14.6. The SMILES string of the molecule is COc1ccc(OC)c(-n2c(CNC(=O)c3cccc([N+](=O)[O-])c3C)nnc2SCC(=O)Nc2nc3ccccc3s2)c1. The molecule has 0 unspecified atom stereocenters. The fourth-order valence-electron chi connectivity index (χ4n) is 4.25. The lowest BCUT2D eigenvalue weighted by atomic mass is 10.1. The maximum Gasteiger partial charge on any atom is 0.273 e. The molecule has 0 aliphatic rings. The maximum absolute atomic E-state index is 13.0. The Morgan fingerprint density at radius 2 is 1.88 bits per heavy atom. The highest BCUT2D eigenvalue weighted by atomic mass is 32.2. The van der Waals surface area contributed by atoms with Crippen LogP contribution < -0.4 is 20.1 Å². The van der Waals surface area contributed by atoms with Crippen molar-refractivity contribution in [3.05, 3.63) is 87.7 Å². The highest BCUT2D eigenvalue weighted by molar-refractivity contribution is 7.99. The highest BCUT2D eigenvalue weighted by Gasteiger charge is 2.22. The van der Waals surface area contributed by atoms with E-state index in [2.05, 4.69) is 25.8 Å². The van der Waals surface area contributed by atoms with Crippen molar-refractivity contribution in [3.63, 3.8) is 0 Å². The topological polar surface area (TPSA) is 163 Å². The van der Waals surface area contributed by atoms with E-state index in [0.29, 0.717) is 33.3 Å². The fraction of sp³-hybridized carbons (Fsp3) is 0.179. The Morgan fingerprint density at radius 1 is 1.07 bits per heavy atom. The van der Waals surface area contributed by atoms with Gasteiger partial charge in [-0.05, 0) is 37.3 Å². The minimum Gasteiger partial charge on any atom is -0.497 e. The molecule has 5 aromatic rings. The van der Waals surface area contributed by atoms with Crippen molar-refractivity contribution < 1.29 is 24.0 Å². The van der Waals surface area contributed by atoms with Crippen LogP contribution in [0.4, 0.5) is 10.8 Å². The molecule has 0 spiro atoms. The van der Waals surface area contributed by atoms with Crippen LogP contribution >= 0.6 is 23.1 Å². The van der Waals surface area contributed by atoms with E-state index < -0.39 is 10.8 Å². The quantitative estimate of drug-likeness (QED) is 0.120. The van der Waals surface area contributed by atoms with Crippen molar-refractivity contribution >= 4 is 55.9 Å². The first-order chi connectivity index (χ1) is 20.8. The largest absolute Gasteiger partial charge is 0.497 e. The summed E-state index contributed by atoms with van der Waals surface area (Å²) >= 11 is 2.52. The monoisotopic (exact) mass is 619 g/mol. The number of nitrogens with one attached hydrogen (secondary N) is 2. The third-order valence-corrected chi connectivity index (χ3v) is 8.23. The number of methoxy groups -OCH3 is 2. The number of ether oxygens (including phenoxy) is 2. The summed E-state index contributed by atoms with van der Waals surface area (Å²) in [6.07, 6.45) is 0. The number of amides is 2. The molecule has 0 aliphatic heterocycles. The van der Waals surface area contributed by atoms with E-state index in [0.717, 1.165) is 22.0 Å². The zero-order valence-corrected chi connectivity index (χ0v) is 24.8. The summed E-state index contributed by atoms with van der Waals surface area (Å²) in [4.78, 5) is 41.1. The zero-order valence-electron chi connectivity index (χ0n) is 23.2. The van der Waals surface area contributed by atoms with Gasteiger partial charge in [0.2, 0.25) is 5.91 Å². The number of fused-ring (bicyclic) bond motifs is 1. The zero-order chi connectivity index (χ0) is 30.5. The Bertz CT molecular complexity index is 1800. The van der Waals surface area contributed by atoms with Crippen LogP contribution in [0, 0.1) is 17.0 Å². The number of nitro groups is 1. The van der Waals surface area contributed by atoms with Crippen molar-refractivity contribution in [1.29, 1.82) is 0 Å². The fourth-order valence-corrected chi connectivity index (χ4v) is 5.90. The molecule has 0 aliphatic carbocycles. The van der Waals surface area contributed by atoms with Crippen molar-refractivity contribution in [2.75, 3.05) is 25.3 Å². The molecule has 13 nitrogen and oxygen atoms in total. The molecular formula is C28H25N7O6S2. The van der Waals surface area contributed by atoms with Gasteiger partial charge in [-0.15, -0.1) is 10.2 Å². The summed E-state index contributed by atoms with van der Waals surface area (Å²) in [6.45, 7) is 1.44. The predicted molar refractivity (Wildman–Crippen MR) is 162 cm³/mol. The van der Waals surface area contributed by atoms with Gasteiger partial charge in [0.05, 0.1) is 47.3 Å². The molecule has 0 saturated carbocycles. The summed E-state index contributed by atoms with van der Waals surface area (Å²) in [5.74, 6) is 0.543. The molecule has 43 heavy (non-hydrogen) atoms.